The van der Waals surface area contributed by atoms with Gasteiger partial charge >= 0.3 is 0 Å². The topological polar surface area (TPSA) is 87.5 Å². The third-order valence-corrected chi connectivity index (χ3v) is 5.66. The van der Waals surface area contributed by atoms with E-state index in [0.29, 0.717) is 13.1 Å². The number of sulfonamides is 1. The summed E-state index contributed by atoms with van der Waals surface area (Å²) in [5.74, 6) is 0.176. The Labute approximate surface area is 142 Å². The van der Waals surface area contributed by atoms with Crippen molar-refractivity contribution < 1.29 is 13.5 Å². The van der Waals surface area contributed by atoms with Crippen LogP contribution < -0.4 is 9.62 Å². The van der Waals surface area contributed by atoms with Crippen LogP contribution in [-0.2, 0) is 23.5 Å². The molecule has 1 aromatic carbocycles. The number of nitrogens with one attached hydrogen (secondary N) is 1. The minimum atomic E-state index is -3.55. The zero-order chi connectivity index (χ0) is 17.2. The molecule has 7 nitrogen and oxygen atoms in total. The van der Waals surface area contributed by atoms with E-state index in [2.05, 4.69) is 20.8 Å². The lowest BCUT2D eigenvalue weighted by molar-refractivity contribution is 0.224. The predicted octanol–water partition coefficient (Wildman–Crippen LogP) is 0.370. The van der Waals surface area contributed by atoms with E-state index < -0.39 is 10.0 Å². The van der Waals surface area contributed by atoms with Crippen LogP contribution in [0, 0.1) is 5.92 Å². The average molecular weight is 350 g/mol. The molecule has 0 saturated heterocycles. The first-order valence-electron chi connectivity index (χ1n) is 7.91. The van der Waals surface area contributed by atoms with Gasteiger partial charge in [0, 0.05) is 51.1 Å². The molecule has 0 aliphatic carbocycles. The highest BCUT2D eigenvalue weighted by molar-refractivity contribution is 7.89. The lowest BCUT2D eigenvalue weighted by atomic mass is 9.93. The second-order valence-corrected chi connectivity index (χ2v) is 7.84. The van der Waals surface area contributed by atoms with Crippen molar-refractivity contribution in [1.29, 1.82) is 0 Å². The first-order valence-corrected chi connectivity index (χ1v) is 9.40. The van der Waals surface area contributed by atoms with Crippen LogP contribution in [0.3, 0.4) is 0 Å². The summed E-state index contributed by atoms with van der Waals surface area (Å²) < 4.78 is 28.5. The van der Waals surface area contributed by atoms with E-state index in [-0.39, 0.29) is 17.4 Å². The molecule has 0 amide bonds. The molecule has 8 heteroatoms. The van der Waals surface area contributed by atoms with Crippen LogP contribution in [0.4, 0.5) is 5.69 Å². The number of fused-ring (bicyclic) bond motifs is 1. The van der Waals surface area contributed by atoms with Gasteiger partial charge in [0.15, 0.2) is 0 Å². The number of aryl methyl sites for hydroxylation is 1. The minimum absolute atomic E-state index is 0.131. The molecule has 1 aliphatic rings. The minimum Gasteiger partial charge on any atom is -0.396 e. The number of aromatic nitrogens is 2. The largest absolute Gasteiger partial charge is 0.396 e. The molecular weight excluding hydrogens is 328 g/mol. The highest BCUT2D eigenvalue weighted by Crippen LogP contribution is 2.29. The van der Waals surface area contributed by atoms with Gasteiger partial charge in [-0.1, -0.05) is 18.2 Å². The summed E-state index contributed by atoms with van der Waals surface area (Å²) in [6.45, 7) is 1.70. The summed E-state index contributed by atoms with van der Waals surface area (Å²) >= 11 is 0. The van der Waals surface area contributed by atoms with Crippen molar-refractivity contribution in [2.45, 2.75) is 11.3 Å². The first kappa shape index (κ1) is 16.9. The molecule has 1 atom stereocenters. The van der Waals surface area contributed by atoms with Crippen LogP contribution in [-0.4, -0.2) is 49.5 Å². The Kier molecular flexibility index (Phi) is 4.88. The molecule has 0 saturated carbocycles. The van der Waals surface area contributed by atoms with Crippen molar-refractivity contribution in [2.24, 2.45) is 13.0 Å². The van der Waals surface area contributed by atoms with E-state index in [1.54, 1.807) is 7.05 Å². The Morgan fingerprint density at radius 3 is 2.88 bits per heavy atom. The van der Waals surface area contributed by atoms with Gasteiger partial charge in [-0.05, 0) is 18.1 Å². The molecule has 1 unspecified atom stereocenters. The number of anilines is 1. The van der Waals surface area contributed by atoms with Gasteiger partial charge in [-0.2, -0.15) is 5.10 Å². The molecule has 2 aromatic rings. The molecule has 24 heavy (non-hydrogen) atoms. The third-order valence-electron chi connectivity index (χ3n) is 4.24. The predicted molar refractivity (Wildman–Crippen MR) is 91.3 cm³/mol. The Morgan fingerprint density at radius 1 is 1.38 bits per heavy atom. The van der Waals surface area contributed by atoms with Gasteiger partial charge in [0.25, 0.3) is 0 Å². The number of benzene rings is 1. The molecule has 0 radical (unpaired) electrons. The standard InChI is InChI=1S/C16H22N4O3S/c1-19-11-15(9-17-19)24(22,23)18-6-7-20-10-13(12-21)8-14-4-2-3-5-16(14)20/h2-5,9,11,13,18,21H,6-8,10,12H2,1H3. The maximum atomic E-state index is 12.2. The fourth-order valence-electron chi connectivity index (χ4n) is 3.05. The third kappa shape index (κ3) is 3.61. The van der Waals surface area contributed by atoms with Crippen molar-refractivity contribution in [3.05, 3.63) is 42.2 Å². The van der Waals surface area contributed by atoms with Crippen LogP contribution >= 0.6 is 0 Å². The van der Waals surface area contributed by atoms with E-state index in [9.17, 15) is 13.5 Å². The quantitative estimate of drug-likeness (QED) is 0.786. The van der Waals surface area contributed by atoms with Gasteiger partial charge in [-0.25, -0.2) is 13.1 Å². The van der Waals surface area contributed by atoms with Crippen LogP contribution in [0.15, 0.2) is 41.6 Å². The zero-order valence-corrected chi connectivity index (χ0v) is 14.4. The van der Waals surface area contributed by atoms with E-state index in [4.69, 9.17) is 0 Å². The number of hydrogen-bond acceptors (Lipinski definition) is 5. The summed E-state index contributed by atoms with van der Waals surface area (Å²) in [7, 11) is -1.87. The SMILES string of the molecule is Cn1cc(S(=O)(=O)NCCN2CC(CO)Cc3ccccc32)cn1. The van der Waals surface area contributed by atoms with Crippen molar-refractivity contribution in [3.8, 4) is 0 Å². The normalized spacial score (nSPS) is 17.8. The van der Waals surface area contributed by atoms with Crippen molar-refractivity contribution in [2.75, 3.05) is 31.1 Å². The maximum absolute atomic E-state index is 12.2. The van der Waals surface area contributed by atoms with E-state index in [0.717, 1.165) is 18.7 Å². The highest BCUT2D eigenvalue weighted by atomic mass is 32.2. The van der Waals surface area contributed by atoms with Crippen molar-refractivity contribution in [1.82, 2.24) is 14.5 Å². The number of nitrogens with zero attached hydrogens (tertiary/aromatic N) is 3. The summed E-state index contributed by atoms with van der Waals surface area (Å²) in [5, 5.41) is 13.4. The maximum Gasteiger partial charge on any atom is 0.243 e. The number of rotatable bonds is 6. The molecule has 0 fully saturated rings. The van der Waals surface area contributed by atoms with Gasteiger partial charge in [0.05, 0.1) is 6.20 Å². The van der Waals surface area contributed by atoms with Crippen LogP contribution in [0.5, 0.6) is 0 Å². The molecule has 0 spiro atoms. The fraction of sp³-hybridized carbons (Fsp3) is 0.438. The van der Waals surface area contributed by atoms with Crippen LogP contribution in [0.25, 0.3) is 0 Å². The lowest BCUT2D eigenvalue weighted by Crippen LogP contribution is -2.41. The summed E-state index contributed by atoms with van der Waals surface area (Å²) in [5.41, 5.74) is 2.31. The highest BCUT2D eigenvalue weighted by Gasteiger charge is 2.24. The van der Waals surface area contributed by atoms with Crippen molar-refractivity contribution in [3.63, 3.8) is 0 Å². The first-order chi connectivity index (χ1) is 11.5. The number of aliphatic hydroxyl groups excluding tert-OH is 1. The molecule has 3 rings (SSSR count). The summed E-state index contributed by atoms with van der Waals surface area (Å²) in [6, 6.07) is 8.06. The smallest absolute Gasteiger partial charge is 0.243 e. The summed E-state index contributed by atoms with van der Waals surface area (Å²) in [6.07, 6.45) is 3.66. The second-order valence-electron chi connectivity index (χ2n) is 6.07. The Bertz CT molecular complexity index is 803. The second kappa shape index (κ2) is 6.92. The van der Waals surface area contributed by atoms with Gasteiger partial charge in [0.1, 0.15) is 4.90 Å². The molecular formula is C16H22N4O3S. The van der Waals surface area contributed by atoms with Gasteiger partial charge in [-0.3, -0.25) is 4.68 Å². The Hall–Kier alpha value is -1.90. The Morgan fingerprint density at radius 2 is 2.17 bits per heavy atom. The molecule has 2 N–H and O–H groups in total. The fourth-order valence-corrected chi connectivity index (χ4v) is 4.05. The molecule has 2 heterocycles. The molecule has 130 valence electrons. The van der Waals surface area contributed by atoms with E-state index in [1.807, 2.05) is 18.2 Å². The van der Waals surface area contributed by atoms with Crippen LogP contribution in [0.1, 0.15) is 5.56 Å². The van der Waals surface area contributed by atoms with E-state index in [1.165, 1.54) is 22.6 Å². The van der Waals surface area contributed by atoms with Gasteiger partial charge in [0.2, 0.25) is 10.0 Å². The summed E-state index contributed by atoms with van der Waals surface area (Å²) in [4.78, 5) is 2.29. The molecule has 1 aromatic heterocycles. The van der Waals surface area contributed by atoms with Crippen LogP contribution in [0.2, 0.25) is 0 Å². The number of aliphatic hydroxyl groups is 1. The van der Waals surface area contributed by atoms with Crippen molar-refractivity contribution >= 4 is 15.7 Å². The molecule has 0 bridgehead atoms. The molecule has 1 aliphatic heterocycles. The van der Waals surface area contributed by atoms with Gasteiger partial charge in [-0.15, -0.1) is 0 Å². The monoisotopic (exact) mass is 350 g/mol. The van der Waals surface area contributed by atoms with Gasteiger partial charge < -0.3 is 10.0 Å². The zero-order valence-electron chi connectivity index (χ0n) is 13.6. The Balaban J connectivity index is 1.66. The number of para-hydroxylation sites is 1. The average Bonchev–Trinajstić information content (AvgIpc) is 3.02. The van der Waals surface area contributed by atoms with E-state index >= 15 is 0 Å². The lowest BCUT2D eigenvalue weighted by Gasteiger charge is -2.35. The number of hydrogen-bond donors (Lipinski definition) is 2.